The van der Waals surface area contributed by atoms with Crippen molar-refractivity contribution in [2.45, 2.75) is 11.1 Å². The maximum absolute atomic E-state index is 13.3. The van der Waals surface area contributed by atoms with E-state index in [1.807, 2.05) is 0 Å². The maximum atomic E-state index is 13.3. The van der Waals surface area contributed by atoms with Crippen molar-refractivity contribution in [3.05, 3.63) is 95.3 Å². The molecule has 2 N–H and O–H groups in total. The number of carbonyl (C=O) groups is 3. The molecule has 0 spiro atoms. The lowest BCUT2D eigenvalue weighted by atomic mass is 10.0. The zero-order valence-electron chi connectivity index (χ0n) is 20.2. The molecular weight excluding hydrogens is 557 g/mol. The van der Waals surface area contributed by atoms with Gasteiger partial charge >= 0.3 is 18.1 Å². The summed E-state index contributed by atoms with van der Waals surface area (Å²) in [5.41, 5.74) is -2.17. The molecule has 0 unspecified atom stereocenters. The van der Waals surface area contributed by atoms with Crippen LogP contribution in [0.4, 0.5) is 13.2 Å². The first kappa shape index (κ1) is 28.0. The number of pyridine rings is 1. The standard InChI is InChI=1S/C26H17F3N2O8S/c1-38-22-18-5-3-2-4-17(18)21(40(36,37)31-23(32)20-12-14(24(33)34)10-11-30-20)13-19(22)25(35)39-16-8-6-15(7-9-16)26(27,28)29/h2-13H,1H3,(H,31,32)(H,33,34). The highest BCUT2D eigenvalue weighted by atomic mass is 32.2. The Morgan fingerprint density at radius 1 is 0.950 bits per heavy atom. The summed E-state index contributed by atoms with van der Waals surface area (Å²) in [5.74, 6) is -4.10. The number of aromatic nitrogens is 1. The van der Waals surface area contributed by atoms with Gasteiger partial charge in [0.05, 0.1) is 23.1 Å². The van der Waals surface area contributed by atoms with Crippen LogP contribution < -0.4 is 14.2 Å². The van der Waals surface area contributed by atoms with Crippen molar-refractivity contribution in [1.82, 2.24) is 9.71 Å². The Morgan fingerprint density at radius 3 is 2.20 bits per heavy atom. The Balaban J connectivity index is 1.75. The van der Waals surface area contributed by atoms with Crippen molar-refractivity contribution in [3.8, 4) is 11.5 Å². The summed E-state index contributed by atoms with van der Waals surface area (Å²) in [6, 6.07) is 12.0. The third-order valence-corrected chi connectivity index (χ3v) is 6.90. The molecule has 0 bridgehead atoms. The lowest BCUT2D eigenvalue weighted by Crippen LogP contribution is -2.31. The quantitative estimate of drug-likeness (QED) is 0.243. The molecule has 1 heterocycles. The largest absolute Gasteiger partial charge is 0.495 e. The van der Waals surface area contributed by atoms with Crippen LogP contribution in [0, 0.1) is 0 Å². The molecule has 0 radical (unpaired) electrons. The van der Waals surface area contributed by atoms with Crippen molar-refractivity contribution < 1.29 is 50.6 Å². The van der Waals surface area contributed by atoms with Crippen LogP contribution >= 0.6 is 0 Å². The van der Waals surface area contributed by atoms with Gasteiger partial charge in [-0.2, -0.15) is 13.2 Å². The highest BCUT2D eigenvalue weighted by Gasteiger charge is 2.31. The fraction of sp³-hybridized carbons (Fsp3) is 0.0769. The monoisotopic (exact) mass is 574 g/mol. The number of ether oxygens (including phenoxy) is 2. The van der Waals surface area contributed by atoms with E-state index in [1.54, 1.807) is 4.72 Å². The molecule has 0 aliphatic heterocycles. The van der Waals surface area contributed by atoms with Crippen LogP contribution in [-0.2, 0) is 16.2 Å². The zero-order valence-corrected chi connectivity index (χ0v) is 21.0. The number of carbonyl (C=O) groups excluding carboxylic acids is 2. The van der Waals surface area contributed by atoms with E-state index in [-0.39, 0.29) is 27.8 Å². The molecule has 1 amide bonds. The van der Waals surface area contributed by atoms with Crippen LogP contribution in [0.3, 0.4) is 0 Å². The highest BCUT2D eigenvalue weighted by Crippen LogP contribution is 2.36. The van der Waals surface area contributed by atoms with Crippen LogP contribution in [0.2, 0.25) is 0 Å². The molecule has 0 atom stereocenters. The van der Waals surface area contributed by atoms with Gasteiger partial charge in [-0.3, -0.25) is 9.78 Å². The number of benzene rings is 3. The number of hydrogen-bond donors (Lipinski definition) is 2. The van der Waals surface area contributed by atoms with Crippen LogP contribution in [0.5, 0.6) is 11.5 Å². The van der Waals surface area contributed by atoms with E-state index in [0.29, 0.717) is 12.1 Å². The average Bonchev–Trinajstić information content (AvgIpc) is 2.91. The fourth-order valence-electron chi connectivity index (χ4n) is 3.70. The first-order valence-corrected chi connectivity index (χ1v) is 12.6. The molecule has 4 aromatic rings. The van der Waals surface area contributed by atoms with Crippen molar-refractivity contribution in [3.63, 3.8) is 0 Å². The Kier molecular flexibility index (Phi) is 7.46. The number of alkyl halides is 3. The summed E-state index contributed by atoms with van der Waals surface area (Å²) in [7, 11) is -3.50. The smallest absolute Gasteiger partial charge is 0.416 e. The summed E-state index contributed by atoms with van der Waals surface area (Å²) in [5, 5.41) is 9.32. The van der Waals surface area contributed by atoms with Crippen molar-refractivity contribution in [1.29, 1.82) is 0 Å². The summed E-state index contributed by atoms with van der Waals surface area (Å²) in [4.78, 5) is 40.1. The molecule has 3 aromatic carbocycles. The van der Waals surface area contributed by atoms with E-state index < -0.39 is 55.8 Å². The minimum Gasteiger partial charge on any atom is -0.495 e. The summed E-state index contributed by atoms with van der Waals surface area (Å²) in [6.07, 6.45) is -3.59. The number of hydrogen-bond acceptors (Lipinski definition) is 8. The van der Waals surface area contributed by atoms with Gasteiger partial charge in [0.25, 0.3) is 15.9 Å². The third kappa shape index (κ3) is 5.71. The van der Waals surface area contributed by atoms with Gasteiger partial charge in [-0.1, -0.05) is 24.3 Å². The molecule has 0 fully saturated rings. The van der Waals surface area contributed by atoms with Crippen LogP contribution in [-0.4, -0.2) is 43.5 Å². The summed E-state index contributed by atoms with van der Waals surface area (Å²) < 4.78 is 77.6. The number of carboxylic acid groups (broad SMARTS) is 1. The van der Waals surface area contributed by atoms with Gasteiger partial charge in [-0.25, -0.2) is 22.7 Å². The summed E-state index contributed by atoms with van der Waals surface area (Å²) in [6.45, 7) is 0. The van der Waals surface area contributed by atoms with Crippen LogP contribution in [0.25, 0.3) is 10.8 Å². The number of halogens is 3. The Bertz CT molecular complexity index is 1750. The Labute approximate surface area is 224 Å². The molecule has 0 aliphatic rings. The Hall–Kier alpha value is -4.98. The second-order valence-electron chi connectivity index (χ2n) is 8.08. The lowest BCUT2D eigenvalue weighted by Gasteiger charge is -2.16. The fourth-order valence-corrected chi connectivity index (χ4v) is 4.90. The number of amides is 1. The van der Waals surface area contributed by atoms with Crippen molar-refractivity contribution in [2.75, 3.05) is 7.11 Å². The highest BCUT2D eigenvalue weighted by molar-refractivity contribution is 7.90. The maximum Gasteiger partial charge on any atom is 0.416 e. The van der Waals surface area contributed by atoms with E-state index in [2.05, 4.69) is 4.98 Å². The topological polar surface area (TPSA) is 149 Å². The number of nitrogens with zero attached hydrogens (tertiary/aromatic N) is 1. The number of sulfonamides is 1. The number of rotatable bonds is 7. The Morgan fingerprint density at radius 2 is 1.60 bits per heavy atom. The van der Waals surface area contributed by atoms with Crippen molar-refractivity contribution in [2.24, 2.45) is 0 Å². The number of carboxylic acids is 1. The van der Waals surface area contributed by atoms with Gasteiger partial charge in [-0.15, -0.1) is 0 Å². The minimum atomic E-state index is -4.72. The van der Waals surface area contributed by atoms with E-state index in [0.717, 1.165) is 36.5 Å². The lowest BCUT2D eigenvalue weighted by molar-refractivity contribution is -0.137. The second kappa shape index (κ2) is 10.6. The number of aromatic carboxylic acids is 1. The predicted molar refractivity (Wildman–Crippen MR) is 133 cm³/mol. The number of fused-ring (bicyclic) bond motifs is 1. The molecule has 206 valence electrons. The van der Waals surface area contributed by atoms with Gasteiger partial charge in [0.1, 0.15) is 22.8 Å². The third-order valence-electron chi connectivity index (χ3n) is 5.53. The first-order chi connectivity index (χ1) is 18.8. The predicted octanol–water partition coefficient (Wildman–Crippen LogP) is 4.30. The molecule has 14 heteroatoms. The molecule has 1 aromatic heterocycles. The SMILES string of the molecule is COc1c(C(=O)Oc2ccc(C(F)(F)F)cc2)cc(S(=O)(=O)NC(=O)c2cc(C(=O)O)ccn2)c2ccccc12. The molecule has 0 saturated heterocycles. The van der Waals surface area contributed by atoms with E-state index >= 15 is 0 Å². The normalized spacial score (nSPS) is 11.6. The van der Waals surface area contributed by atoms with E-state index in [1.165, 1.54) is 31.4 Å². The molecule has 0 aliphatic carbocycles. The van der Waals surface area contributed by atoms with Crippen LogP contribution in [0.1, 0.15) is 36.8 Å². The van der Waals surface area contributed by atoms with Crippen molar-refractivity contribution >= 4 is 38.6 Å². The number of esters is 1. The van der Waals surface area contributed by atoms with Gasteiger partial charge < -0.3 is 14.6 Å². The minimum absolute atomic E-state index is 0.0537. The van der Waals surface area contributed by atoms with Crippen LogP contribution in [0.15, 0.2) is 77.8 Å². The van der Waals surface area contributed by atoms with E-state index in [4.69, 9.17) is 14.6 Å². The second-order valence-corrected chi connectivity index (χ2v) is 9.73. The number of nitrogens with one attached hydrogen (secondary N) is 1. The molecule has 4 rings (SSSR count). The first-order valence-electron chi connectivity index (χ1n) is 11.1. The summed E-state index contributed by atoms with van der Waals surface area (Å²) >= 11 is 0. The molecule has 0 saturated carbocycles. The molecule has 40 heavy (non-hydrogen) atoms. The number of methoxy groups -OCH3 is 1. The van der Waals surface area contributed by atoms with Gasteiger partial charge in [-0.05, 0) is 42.5 Å². The zero-order chi connectivity index (χ0) is 29.2. The molecular formula is C26H17F3N2O8S. The van der Waals surface area contributed by atoms with Gasteiger partial charge in [0.2, 0.25) is 0 Å². The molecule has 10 nitrogen and oxygen atoms in total. The van der Waals surface area contributed by atoms with Gasteiger partial charge in [0.15, 0.2) is 0 Å². The van der Waals surface area contributed by atoms with Gasteiger partial charge in [0, 0.05) is 17.0 Å². The van der Waals surface area contributed by atoms with E-state index in [9.17, 15) is 36.0 Å². The average molecular weight is 574 g/mol.